The fourth-order valence-corrected chi connectivity index (χ4v) is 2.54. The Bertz CT molecular complexity index is 795. The second-order valence-corrected chi connectivity index (χ2v) is 5.05. The summed E-state index contributed by atoms with van der Waals surface area (Å²) in [6, 6.07) is 8.91. The van der Waals surface area contributed by atoms with Gasteiger partial charge >= 0.3 is 0 Å². The Morgan fingerprint density at radius 2 is 1.95 bits per heavy atom. The highest BCUT2D eigenvalue weighted by Crippen LogP contribution is 2.27. The largest absolute Gasteiger partial charge is 0.493 e. The number of thiophene rings is 1. The van der Waals surface area contributed by atoms with Gasteiger partial charge in [-0.25, -0.2) is 4.39 Å². The molecule has 0 amide bonds. The van der Waals surface area contributed by atoms with Gasteiger partial charge in [-0.1, -0.05) is 18.2 Å². The van der Waals surface area contributed by atoms with Crippen molar-refractivity contribution in [2.45, 2.75) is 0 Å². The standard InChI is InChI=1S/C14H9FN2O2S/c15-9-5-3-8(4-6-9)11-13(18)16-12(17-14(11)19)10-2-1-7-20-10/h1-7H,(H2,16,17,18,19). The van der Waals surface area contributed by atoms with E-state index in [0.29, 0.717) is 11.4 Å². The molecule has 4 nitrogen and oxygen atoms in total. The van der Waals surface area contributed by atoms with Gasteiger partial charge in [-0.3, -0.25) is 4.79 Å². The maximum Gasteiger partial charge on any atom is 0.262 e. The molecule has 6 heteroatoms. The first-order chi connectivity index (χ1) is 9.65. The van der Waals surface area contributed by atoms with Crippen molar-refractivity contribution in [3.63, 3.8) is 0 Å². The van der Waals surface area contributed by atoms with Crippen molar-refractivity contribution in [3.8, 4) is 27.7 Å². The van der Waals surface area contributed by atoms with Crippen LogP contribution < -0.4 is 5.56 Å². The van der Waals surface area contributed by atoms with Gasteiger partial charge in [0.1, 0.15) is 11.4 Å². The van der Waals surface area contributed by atoms with Crippen molar-refractivity contribution >= 4 is 11.3 Å². The third-order valence-electron chi connectivity index (χ3n) is 2.79. The molecule has 0 unspecified atom stereocenters. The van der Waals surface area contributed by atoms with Crippen LogP contribution in [0.15, 0.2) is 46.6 Å². The van der Waals surface area contributed by atoms with Crippen molar-refractivity contribution < 1.29 is 9.50 Å². The number of rotatable bonds is 2. The number of aromatic hydroxyl groups is 1. The maximum absolute atomic E-state index is 12.9. The van der Waals surface area contributed by atoms with Gasteiger partial charge in [0.15, 0.2) is 5.82 Å². The molecule has 0 saturated carbocycles. The molecule has 0 atom stereocenters. The van der Waals surface area contributed by atoms with Crippen LogP contribution in [0.25, 0.3) is 21.8 Å². The zero-order valence-corrected chi connectivity index (χ0v) is 10.9. The number of hydrogen-bond acceptors (Lipinski definition) is 4. The van der Waals surface area contributed by atoms with E-state index in [-0.39, 0.29) is 11.4 Å². The maximum atomic E-state index is 12.9. The van der Waals surface area contributed by atoms with E-state index in [4.69, 9.17) is 0 Å². The van der Waals surface area contributed by atoms with Gasteiger partial charge in [-0.2, -0.15) is 4.98 Å². The second-order valence-electron chi connectivity index (χ2n) is 4.10. The first kappa shape index (κ1) is 12.6. The zero-order chi connectivity index (χ0) is 14.1. The lowest BCUT2D eigenvalue weighted by atomic mass is 10.1. The molecule has 0 aliphatic carbocycles. The molecule has 0 aliphatic rings. The molecule has 2 N–H and O–H groups in total. The summed E-state index contributed by atoms with van der Waals surface area (Å²) in [5.74, 6) is -0.468. The first-order valence-corrected chi connectivity index (χ1v) is 6.66. The molecular weight excluding hydrogens is 279 g/mol. The van der Waals surface area contributed by atoms with E-state index in [0.717, 1.165) is 4.88 Å². The number of hydrogen-bond donors (Lipinski definition) is 2. The number of H-pyrrole nitrogens is 1. The molecule has 0 saturated heterocycles. The molecule has 3 aromatic rings. The van der Waals surface area contributed by atoms with Crippen LogP contribution in [0.2, 0.25) is 0 Å². The van der Waals surface area contributed by atoms with E-state index in [1.165, 1.54) is 35.6 Å². The molecule has 100 valence electrons. The second kappa shape index (κ2) is 4.90. The molecule has 2 aromatic heterocycles. The van der Waals surface area contributed by atoms with E-state index in [1.54, 1.807) is 6.07 Å². The number of aromatic nitrogens is 2. The number of nitrogens with zero attached hydrogens (tertiary/aromatic N) is 1. The minimum atomic E-state index is -0.465. The molecule has 0 spiro atoms. The molecule has 2 heterocycles. The van der Waals surface area contributed by atoms with Gasteiger partial charge in [0.05, 0.1) is 4.88 Å². The van der Waals surface area contributed by atoms with Crippen molar-refractivity contribution in [1.82, 2.24) is 9.97 Å². The molecular formula is C14H9FN2O2S. The minimum absolute atomic E-state index is 0.0327. The average Bonchev–Trinajstić information content (AvgIpc) is 2.94. The van der Waals surface area contributed by atoms with Crippen LogP contribution in [0, 0.1) is 5.82 Å². The summed E-state index contributed by atoms with van der Waals surface area (Å²) in [6.45, 7) is 0. The van der Waals surface area contributed by atoms with Crippen LogP contribution in [0.5, 0.6) is 5.88 Å². The molecule has 0 radical (unpaired) electrons. The smallest absolute Gasteiger partial charge is 0.262 e. The summed E-state index contributed by atoms with van der Waals surface area (Å²) in [4.78, 5) is 19.5. The van der Waals surface area contributed by atoms with Crippen LogP contribution in [-0.4, -0.2) is 15.1 Å². The lowest BCUT2D eigenvalue weighted by Gasteiger charge is -2.05. The Balaban J connectivity index is 2.14. The van der Waals surface area contributed by atoms with Crippen molar-refractivity contribution in [2.24, 2.45) is 0 Å². The molecule has 3 rings (SSSR count). The van der Waals surface area contributed by atoms with Crippen LogP contribution in [0.4, 0.5) is 4.39 Å². The lowest BCUT2D eigenvalue weighted by Crippen LogP contribution is -2.11. The van der Waals surface area contributed by atoms with E-state index < -0.39 is 11.4 Å². The highest BCUT2D eigenvalue weighted by atomic mass is 32.1. The lowest BCUT2D eigenvalue weighted by molar-refractivity contribution is 0.454. The van der Waals surface area contributed by atoms with Crippen molar-refractivity contribution in [2.75, 3.05) is 0 Å². The van der Waals surface area contributed by atoms with E-state index in [9.17, 15) is 14.3 Å². The summed E-state index contributed by atoms with van der Waals surface area (Å²) in [6.07, 6.45) is 0. The van der Waals surface area contributed by atoms with Gasteiger partial charge in [0.2, 0.25) is 5.88 Å². The fraction of sp³-hybridized carbons (Fsp3) is 0. The topological polar surface area (TPSA) is 66.0 Å². The van der Waals surface area contributed by atoms with E-state index in [1.807, 2.05) is 11.4 Å². The number of benzene rings is 1. The third kappa shape index (κ3) is 2.21. The van der Waals surface area contributed by atoms with Gasteiger partial charge in [-0.15, -0.1) is 11.3 Å². The van der Waals surface area contributed by atoms with Gasteiger partial charge in [0, 0.05) is 0 Å². The summed E-state index contributed by atoms with van der Waals surface area (Å²) < 4.78 is 12.9. The zero-order valence-electron chi connectivity index (χ0n) is 10.1. The predicted molar refractivity (Wildman–Crippen MR) is 75.2 cm³/mol. The quantitative estimate of drug-likeness (QED) is 0.761. The van der Waals surface area contributed by atoms with Crippen molar-refractivity contribution in [3.05, 3.63) is 57.9 Å². The summed E-state index contributed by atoms with van der Waals surface area (Å²) in [7, 11) is 0. The minimum Gasteiger partial charge on any atom is -0.493 e. The Hall–Kier alpha value is -2.47. The first-order valence-electron chi connectivity index (χ1n) is 5.78. The third-order valence-corrected chi connectivity index (χ3v) is 3.66. The Morgan fingerprint density at radius 3 is 2.55 bits per heavy atom. The number of aromatic amines is 1. The molecule has 0 aliphatic heterocycles. The molecule has 0 bridgehead atoms. The fourth-order valence-electron chi connectivity index (χ4n) is 1.87. The molecule has 1 aromatic carbocycles. The monoisotopic (exact) mass is 288 g/mol. The van der Waals surface area contributed by atoms with Crippen LogP contribution in [0.3, 0.4) is 0 Å². The van der Waals surface area contributed by atoms with Crippen molar-refractivity contribution in [1.29, 1.82) is 0 Å². The van der Waals surface area contributed by atoms with Crippen LogP contribution >= 0.6 is 11.3 Å². The Labute approximate surface area is 117 Å². The number of halogens is 1. The predicted octanol–water partition coefficient (Wildman–Crippen LogP) is 3.01. The summed E-state index contributed by atoms with van der Waals surface area (Å²) in [5.41, 5.74) is -0.0202. The summed E-state index contributed by atoms with van der Waals surface area (Å²) in [5, 5.41) is 11.8. The van der Waals surface area contributed by atoms with Crippen LogP contribution in [0.1, 0.15) is 0 Å². The Morgan fingerprint density at radius 1 is 1.20 bits per heavy atom. The highest BCUT2D eigenvalue weighted by Gasteiger charge is 2.14. The van der Waals surface area contributed by atoms with Crippen LogP contribution in [-0.2, 0) is 0 Å². The van der Waals surface area contributed by atoms with Gasteiger partial charge in [0.25, 0.3) is 5.56 Å². The average molecular weight is 288 g/mol. The van der Waals surface area contributed by atoms with Gasteiger partial charge in [-0.05, 0) is 29.1 Å². The summed E-state index contributed by atoms with van der Waals surface area (Å²) >= 11 is 1.40. The molecule has 20 heavy (non-hydrogen) atoms. The SMILES string of the molecule is O=c1[nH]c(-c2cccs2)nc(O)c1-c1ccc(F)cc1. The number of nitrogens with one attached hydrogen (secondary N) is 1. The highest BCUT2D eigenvalue weighted by molar-refractivity contribution is 7.13. The molecule has 0 fully saturated rings. The normalized spacial score (nSPS) is 10.7. The van der Waals surface area contributed by atoms with E-state index in [2.05, 4.69) is 9.97 Å². The van der Waals surface area contributed by atoms with Gasteiger partial charge < -0.3 is 10.1 Å². The van der Waals surface area contributed by atoms with E-state index >= 15 is 0 Å². The Kier molecular flexibility index (Phi) is 3.08.